The van der Waals surface area contributed by atoms with E-state index < -0.39 is 5.60 Å². The first-order valence-electron chi connectivity index (χ1n) is 5.23. The van der Waals surface area contributed by atoms with Crippen LogP contribution in [0.5, 0.6) is 0 Å². The normalized spacial score (nSPS) is 11.8. The number of carbonyl (C=O) groups is 1. The molecule has 17 heavy (non-hydrogen) atoms. The molecule has 0 fully saturated rings. The largest absolute Gasteiger partial charge is 0.443 e. The van der Waals surface area contributed by atoms with Crippen molar-refractivity contribution >= 4 is 32.9 Å². The standard InChI is InChI=1S/C12H13BrN2O2/c1-12(2,3)17-11(16)15-5-4-8-7-14-10(13)6-9(8)15/h4-7H,1-3H3. The Labute approximate surface area is 108 Å². The third-order valence-electron chi connectivity index (χ3n) is 2.13. The summed E-state index contributed by atoms with van der Waals surface area (Å²) in [6.07, 6.45) is 3.01. The van der Waals surface area contributed by atoms with Gasteiger partial charge in [-0.25, -0.2) is 9.78 Å². The number of nitrogens with zero attached hydrogens (tertiary/aromatic N) is 2. The molecule has 90 valence electrons. The molecule has 0 saturated carbocycles. The molecule has 0 amide bonds. The van der Waals surface area contributed by atoms with Crippen LogP contribution in [0.25, 0.3) is 10.9 Å². The van der Waals surface area contributed by atoms with Crippen LogP contribution in [-0.2, 0) is 4.74 Å². The van der Waals surface area contributed by atoms with Crippen LogP contribution in [-0.4, -0.2) is 21.2 Å². The minimum Gasteiger partial charge on any atom is -0.443 e. The Morgan fingerprint density at radius 1 is 1.47 bits per heavy atom. The van der Waals surface area contributed by atoms with Gasteiger partial charge in [0.2, 0.25) is 0 Å². The summed E-state index contributed by atoms with van der Waals surface area (Å²) in [6, 6.07) is 3.62. The maximum Gasteiger partial charge on any atom is 0.418 e. The van der Waals surface area contributed by atoms with Gasteiger partial charge in [-0.1, -0.05) is 0 Å². The monoisotopic (exact) mass is 296 g/mol. The molecule has 0 N–H and O–H groups in total. The summed E-state index contributed by atoms with van der Waals surface area (Å²) in [6.45, 7) is 5.52. The molecule has 0 spiro atoms. The predicted molar refractivity (Wildman–Crippen MR) is 69.1 cm³/mol. The number of rotatable bonds is 0. The van der Waals surface area contributed by atoms with Crippen molar-refractivity contribution in [3.63, 3.8) is 0 Å². The molecule has 0 unspecified atom stereocenters. The second-order valence-electron chi connectivity index (χ2n) is 4.73. The molecule has 2 heterocycles. The van der Waals surface area contributed by atoms with E-state index in [-0.39, 0.29) is 6.09 Å². The van der Waals surface area contributed by atoms with Gasteiger partial charge in [-0.2, -0.15) is 0 Å². The molecule has 0 aliphatic rings. The number of aromatic nitrogens is 2. The van der Waals surface area contributed by atoms with Crippen LogP contribution in [0.15, 0.2) is 29.1 Å². The number of ether oxygens (including phenoxy) is 1. The Morgan fingerprint density at radius 2 is 2.18 bits per heavy atom. The van der Waals surface area contributed by atoms with E-state index in [9.17, 15) is 4.79 Å². The molecule has 0 aliphatic carbocycles. The highest BCUT2D eigenvalue weighted by Crippen LogP contribution is 2.20. The minimum absolute atomic E-state index is 0.384. The van der Waals surface area contributed by atoms with Crippen LogP contribution in [0.3, 0.4) is 0 Å². The number of halogens is 1. The van der Waals surface area contributed by atoms with Crippen LogP contribution < -0.4 is 0 Å². The lowest BCUT2D eigenvalue weighted by Crippen LogP contribution is -2.26. The molecule has 0 aliphatic heterocycles. The SMILES string of the molecule is CC(C)(C)OC(=O)n1ccc2cnc(Br)cc21. The van der Waals surface area contributed by atoms with Gasteiger partial charge in [0.25, 0.3) is 0 Å². The molecule has 2 aromatic rings. The summed E-state index contributed by atoms with van der Waals surface area (Å²) in [4.78, 5) is 16.1. The van der Waals surface area contributed by atoms with Gasteiger partial charge < -0.3 is 4.74 Å². The maximum atomic E-state index is 12.0. The Hall–Kier alpha value is -1.36. The van der Waals surface area contributed by atoms with Gasteiger partial charge in [0.05, 0.1) is 5.52 Å². The zero-order valence-corrected chi connectivity index (χ0v) is 11.5. The van der Waals surface area contributed by atoms with Gasteiger partial charge in [-0.3, -0.25) is 4.57 Å². The van der Waals surface area contributed by atoms with Crippen LogP contribution in [0.4, 0.5) is 4.79 Å². The molecule has 2 aromatic heterocycles. The zero-order valence-electron chi connectivity index (χ0n) is 9.90. The Kier molecular flexibility index (Phi) is 2.95. The highest BCUT2D eigenvalue weighted by molar-refractivity contribution is 9.10. The van der Waals surface area contributed by atoms with E-state index in [1.54, 1.807) is 18.5 Å². The van der Waals surface area contributed by atoms with Crippen LogP contribution in [0.2, 0.25) is 0 Å². The van der Waals surface area contributed by atoms with Gasteiger partial charge in [0, 0.05) is 17.8 Å². The summed E-state index contributed by atoms with van der Waals surface area (Å²) < 4.78 is 7.49. The van der Waals surface area contributed by atoms with Crippen molar-refractivity contribution in [2.75, 3.05) is 0 Å². The summed E-state index contributed by atoms with van der Waals surface area (Å²) in [5, 5.41) is 0.902. The summed E-state index contributed by atoms with van der Waals surface area (Å²) in [5.74, 6) is 0. The smallest absolute Gasteiger partial charge is 0.418 e. The van der Waals surface area contributed by atoms with E-state index in [0.717, 1.165) is 10.9 Å². The average Bonchev–Trinajstić information content (AvgIpc) is 2.57. The third kappa shape index (κ3) is 2.66. The van der Waals surface area contributed by atoms with Crippen LogP contribution >= 0.6 is 15.9 Å². The first kappa shape index (κ1) is 12.1. The fraction of sp³-hybridized carbons (Fsp3) is 0.333. The highest BCUT2D eigenvalue weighted by atomic mass is 79.9. The summed E-state index contributed by atoms with van der Waals surface area (Å²) in [5.41, 5.74) is 0.277. The molecule has 0 saturated heterocycles. The lowest BCUT2D eigenvalue weighted by Gasteiger charge is -2.19. The Bertz CT molecular complexity index is 569. The van der Waals surface area contributed by atoms with Crippen molar-refractivity contribution in [1.29, 1.82) is 0 Å². The molecule has 4 nitrogen and oxygen atoms in total. The van der Waals surface area contributed by atoms with Crippen molar-refractivity contribution in [1.82, 2.24) is 9.55 Å². The Balaban J connectivity index is 2.42. The lowest BCUT2D eigenvalue weighted by atomic mass is 10.2. The molecule has 0 aromatic carbocycles. The van der Waals surface area contributed by atoms with Crippen molar-refractivity contribution < 1.29 is 9.53 Å². The van der Waals surface area contributed by atoms with E-state index >= 15 is 0 Å². The third-order valence-corrected chi connectivity index (χ3v) is 2.57. The van der Waals surface area contributed by atoms with Crippen molar-refractivity contribution in [3.8, 4) is 0 Å². The van der Waals surface area contributed by atoms with Crippen molar-refractivity contribution in [3.05, 3.63) is 29.1 Å². The van der Waals surface area contributed by atoms with E-state index in [0.29, 0.717) is 4.60 Å². The predicted octanol–water partition coefficient (Wildman–Crippen LogP) is 3.58. The minimum atomic E-state index is -0.502. The molecular weight excluding hydrogens is 284 g/mol. The van der Waals surface area contributed by atoms with E-state index in [4.69, 9.17) is 4.74 Å². The second kappa shape index (κ2) is 4.14. The van der Waals surface area contributed by atoms with Crippen molar-refractivity contribution in [2.24, 2.45) is 0 Å². The molecule has 0 bridgehead atoms. The van der Waals surface area contributed by atoms with E-state index in [1.807, 2.05) is 26.8 Å². The van der Waals surface area contributed by atoms with Gasteiger partial charge in [-0.15, -0.1) is 0 Å². The van der Waals surface area contributed by atoms with E-state index in [1.165, 1.54) is 4.57 Å². The summed E-state index contributed by atoms with van der Waals surface area (Å²) >= 11 is 3.29. The molecule has 0 radical (unpaired) electrons. The number of carbonyl (C=O) groups excluding carboxylic acids is 1. The first-order chi connectivity index (χ1) is 7.87. The number of hydrogen-bond acceptors (Lipinski definition) is 3. The first-order valence-corrected chi connectivity index (χ1v) is 6.02. The van der Waals surface area contributed by atoms with Gasteiger partial charge in [-0.05, 0) is 48.8 Å². The highest BCUT2D eigenvalue weighted by Gasteiger charge is 2.18. The van der Waals surface area contributed by atoms with Crippen LogP contribution in [0.1, 0.15) is 20.8 Å². The fourth-order valence-corrected chi connectivity index (χ4v) is 1.79. The maximum absolute atomic E-state index is 12.0. The molecule has 2 rings (SSSR count). The summed E-state index contributed by atoms with van der Waals surface area (Å²) in [7, 11) is 0. The number of pyridine rings is 1. The number of fused-ring (bicyclic) bond motifs is 1. The van der Waals surface area contributed by atoms with Gasteiger partial charge in [0.1, 0.15) is 10.2 Å². The number of hydrogen-bond donors (Lipinski definition) is 0. The van der Waals surface area contributed by atoms with Gasteiger partial charge >= 0.3 is 6.09 Å². The molecular formula is C12H13BrN2O2. The quantitative estimate of drug-likeness (QED) is 0.698. The topological polar surface area (TPSA) is 44.1 Å². The second-order valence-corrected chi connectivity index (χ2v) is 5.54. The average molecular weight is 297 g/mol. The van der Waals surface area contributed by atoms with E-state index in [2.05, 4.69) is 20.9 Å². The molecule has 0 atom stereocenters. The molecule has 5 heteroatoms. The van der Waals surface area contributed by atoms with Gasteiger partial charge in [0.15, 0.2) is 0 Å². The van der Waals surface area contributed by atoms with Crippen LogP contribution in [0, 0.1) is 0 Å². The lowest BCUT2D eigenvalue weighted by molar-refractivity contribution is 0.0544. The fourth-order valence-electron chi connectivity index (χ4n) is 1.47. The van der Waals surface area contributed by atoms with Crippen molar-refractivity contribution in [2.45, 2.75) is 26.4 Å². The zero-order chi connectivity index (χ0) is 12.6. The Morgan fingerprint density at radius 3 is 2.82 bits per heavy atom.